The van der Waals surface area contributed by atoms with Crippen molar-refractivity contribution >= 4 is 34.5 Å². The standard InChI is InChI=1S/C11H12FIN2O4/c1-19-9-4(3-6(14)11(17)18)2-5(12)8(13)7(9)10(15)16/h2,6H,3,14H2,1H3,(H2,15,16)(H,17,18). The van der Waals surface area contributed by atoms with Crippen molar-refractivity contribution in [1.82, 2.24) is 0 Å². The summed E-state index contributed by atoms with van der Waals surface area (Å²) in [6, 6.07) is -0.135. The molecule has 0 fully saturated rings. The second kappa shape index (κ2) is 6.15. The number of ether oxygens (including phenoxy) is 1. The Bertz CT molecular complexity index is 536. The summed E-state index contributed by atoms with van der Waals surface area (Å²) in [6.07, 6.45) is -0.174. The molecule has 1 amide bonds. The van der Waals surface area contributed by atoms with Crippen LogP contribution in [0.3, 0.4) is 0 Å². The summed E-state index contributed by atoms with van der Waals surface area (Å²) < 4.78 is 18.8. The van der Waals surface area contributed by atoms with Crippen LogP contribution in [0.15, 0.2) is 6.07 Å². The SMILES string of the molecule is COc1c(CC(N)C(=O)O)cc(F)c(I)c1C(N)=O. The van der Waals surface area contributed by atoms with Crippen molar-refractivity contribution in [2.75, 3.05) is 7.11 Å². The van der Waals surface area contributed by atoms with Crippen molar-refractivity contribution < 1.29 is 23.8 Å². The number of benzene rings is 1. The first-order valence-electron chi connectivity index (χ1n) is 5.12. The van der Waals surface area contributed by atoms with Gasteiger partial charge in [0.25, 0.3) is 5.91 Å². The van der Waals surface area contributed by atoms with E-state index in [4.69, 9.17) is 21.3 Å². The fourth-order valence-electron chi connectivity index (χ4n) is 1.59. The minimum absolute atomic E-state index is 0.0228. The van der Waals surface area contributed by atoms with Crippen LogP contribution in [0, 0.1) is 9.39 Å². The maximum Gasteiger partial charge on any atom is 0.320 e. The van der Waals surface area contributed by atoms with Crippen molar-refractivity contribution in [1.29, 1.82) is 0 Å². The minimum Gasteiger partial charge on any atom is -0.496 e. The van der Waals surface area contributed by atoms with Gasteiger partial charge in [-0.15, -0.1) is 0 Å². The molecule has 1 aromatic carbocycles. The van der Waals surface area contributed by atoms with E-state index in [2.05, 4.69) is 0 Å². The lowest BCUT2D eigenvalue weighted by atomic mass is 10.0. The fraction of sp³-hybridized carbons (Fsp3) is 0.273. The monoisotopic (exact) mass is 382 g/mol. The van der Waals surface area contributed by atoms with Crippen LogP contribution in [-0.4, -0.2) is 30.1 Å². The summed E-state index contributed by atoms with van der Waals surface area (Å²) in [5.74, 6) is -2.72. The number of hydrogen-bond acceptors (Lipinski definition) is 4. The summed E-state index contributed by atoms with van der Waals surface area (Å²) >= 11 is 1.63. The quantitative estimate of drug-likeness (QED) is 0.642. The summed E-state index contributed by atoms with van der Waals surface area (Å²) in [5.41, 5.74) is 10.6. The van der Waals surface area contributed by atoms with Gasteiger partial charge in [0.2, 0.25) is 0 Å². The molecule has 0 aliphatic rings. The second-order valence-electron chi connectivity index (χ2n) is 3.75. The van der Waals surface area contributed by atoms with Gasteiger partial charge in [0.1, 0.15) is 17.6 Å². The van der Waals surface area contributed by atoms with Gasteiger partial charge in [-0.05, 0) is 28.7 Å². The number of carbonyl (C=O) groups is 2. The molecule has 0 saturated carbocycles. The first-order valence-corrected chi connectivity index (χ1v) is 6.20. The number of carbonyl (C=O) groups excluding carboxylic acids is 1. The molecule has 0 aliphatic carbocycles. The number of rotatable bonds is 5. The maximum atomic E-state index is 13.7. The van der Waals surface area contributed by atoms with Crippen LogP contribution >= 0.6 is 22.6 Å². The average molecular weight is 382 g/mol. The van der Waals surface area contributed by atoms with E-state index in [0.29, 0.717) is 0 Å². The molecule has 0 radical (unpaired) electrons. The maximum absolute atomic E-state index is 13.7. The van der Waals surface area contributed by atoms with Gasteiger partial charge in [-0.1, -0.05) is 0 Å². The molecule has 104 valence electrons. The first kappa shape index (κ1) is 15.6. The van der Waals surface area contributed by atoms with E-state index in [9.17, 15) is 14.0 Å². The molecule has 8 heteroatoms. The van der Waals surface area contributed by atoms with Crippen LogP contribution in [-0.2, 0) is 11.2 Å². The lowest BCUT2D eigenvalue weighted by Crippen LogP contribution is -2.32. The highest BCUT2D eigenvalue weighted by atomic mass is 127. The number of amides is 1. The third-order valence-electron chi connectivity index (χ3n) is 2.46. The van der Waals surface area contributed by atoms with E-state index < -0.39 is 23.7 Å². The first-order chi connectivity index (χ1) is 8.79. The molecular weight excluding hydrogens is 370 g/mol. The summed E-state index contributed by atoms with van der Waals surface area (Å²) in [6.45, 7) is 0. The summed E-state index contributed by atoms with van der Waals surface area (Å²) in [4.78, 5) is 22.1. The largest absolute Gasteiger partial charge is 0.496 e. The van der Waals surface area contributed by atoms with Gasteiger partial charge in [-0.2, -0.15) is 0 Å². The number of primary amides is 1. The van der Waals surface area contributed by atoms with E-state index in [1.165, 1.54) is 7.11 Å². The molecule has 6 nitrogen and oxygen atoms in total. The van der Waals surface area contributed by atoms with Crippen molar-refractivity contribution in [3.05, 3.63) is 26.6 Å². The number of methoxy groups -OCH3 is 1. The van der Waals surface area contributed by atoms with Crippen LogP contribution in [0.1, 0.15) is 15.9 Å². The smallest absolute Gasteiger partial charge is 0.320 e. The number of carboxylic acids is 1. The zero-order valence-electron chi connectivity index (χ0n) is 9.94. The number of aliphatic carboxylic acids is 1. The van der Waals surface area contributed by atoms with Crippen LogP contribution in [0.2, 0.25) is 0 Å². The Morgan fingerprint density at radius 2 is 2.16 bits per heavy atom. The second-order valence-corrected chi connectivity index (χ2v) is 4.83. The van der Waals surface area contributed by atoms with Crippen molar-refractivity contribution in [3.63, 3.8) is 0 Å². The zero-order valence-corrected chi connectivity index (χ0v) is 12.1. The highest BCUT2D eigenvalue weighted by molar-refractivity contribution is 14.1. The Kier molecular flexibility index (Phi) is 5.06. The fourth-order valence-corrected chi connectivity index (χ4v) is 2.26. The Morgan fingerprint density at radius 1 is 1.58 bits per heavy atom. The van der Waals surface area contributed by atoms with E-state index >= 15 is 0 Å². The van der Waals surface area contributed by atoms with Gasteiger partial charge in [-0.25, -0.2) is 4.39 Å². The molecule has 0 spiro atoms. The van der Waals surface area contributed by atoms with Gasteiger partial charge < -0.3 is 21.3 Å². The van der Waals surface area contributed by atoms with Crippen LogP contribution in [0.25, 0.3) is 0 Å². The van der Waals surface area contributed by atoms with Crippen molar-refractivity contribution in [2.45, 2.75) is 12.5 Å². The zero-order chi connectivity index (χ0) is 14.7. The van der Waals surface area contributed by atoms with Gasteiger partial charge in [0.15, 0.2) is 0 Å². The molecule has 1 unspecified atom stereocenters. The molecule has 0 aromatic heterocycles. The Morgan fingerprint density at radius 3 is 2.58 bits per heavy atom. The molecule has 1 atom stereocenters. The molecule has 0 heterocycles. The molecule has 0 bridgehead atoms. The third kappa shape index (κ3) is 3.32. The van der Waals surface area contributed by atoms with Gasteiger partial charge >= 0.3 is 5.97 Å². The Hall–Kier alpha value is -1.42. The van der Waals surface area contributed by atoms with Crippen molar-refractivity contribution in [2.24, 2.45) is 11.5 Å². The molecule has 5 N–H and O–H groups in total. The number of carboxylic acid groups (broad SMARTS) is 1. The summed E-state index contributed by atoms with van der Waals surface area (Å²) in [7, 11) is 1.28. The lowest BCUT2D eigenvalue weighted by molar-refractivity contribution is -0.138. The Balaban J connectivity index is 3.40. The molecule has 1 rings (SSSR count). The molecule has 19 heavy (non-hydrogen) atoms. The Labute approximate surface area is 122 Å². The highest BCUT2D eigenvalue weighted by Crippen LogP contribution is 2.31. The van der Waals surface area contributed by atoms with Crippen LogP contribution in [0.4, 0.5) is 4.39 Å². The topological polar surface area (TPSA) is 116 Å². The highest BCUT2D eigenvalue weighted by Gasteiger charge is 2.24. The van der Waals surface area contributed by atoms with E-state index in [1.807, 2.05) is 0 Å². The molecule has 1 aromatic rings. The minimum atomic E-state index is -1.23. The van der Waals surface area contributed by atoms with E-state index in [-0.39, 0.29) is 26.9 Å². The molecular formula is C11H12FIN2O4. The lowest BCUT2D eigenvalue weighted by Gasteiger charge is -2.15. The van der Waals surface area contributed by atoms with Crippen LogP contribution < -0.4 is 16.2 Å². The van der Waals surface area contributed by atoms with Crippen molar-refractivity contribution in [3.8, 4) is 5.75 Å². The number of hydrogen-bond donors (Lipinski definition) is 3. The number of halogens is 2. The normalized spacial score (nSPS) is 12.0. The molecule has 0 saturated heterocycles. The van der Waals surface area contributed by atoms with E-state index in [0.717, 1.165) is 6.07 Å². The average Bonchev–Trinajstić information content (AvgIpc) is 2.32. The number of nitrogens with two attached hydrogens (primary N) is 2. The van der Waals surface area contributed by atoms with Gasteiger partial charge in [0, 0.05) is 12.0 Å². The van der Waals surface area contributed by atoms with E-state index in [1.54, 1.807) is 22.6 Å². The predicted molar refractivity (Wildman–Crippen MR) is 73.5 cm³/mol. The third-order valence-corrected chi connectivity index (χ3v) is 3.51. The summed E-state index contributed by atoms with van der Waals surface area (Å²) in [5, 5.41) is 8.76. The van der Waals surface area contributed by atoms with Gasteiger partial charge in [0.05, 0.1) is 16.2 Å². The molecule has 0 aliphatic heterocycles. The van der Waals surface area contributed by atoms with Gasteiger partial charge in [-0.3, -0.25) is 9.59 Å². The van der Waals surface area contributed by atoms with Crippen LogP contribution in [0.5, 0.6) is 5.75 Å². The predicted octanol–water partition coefficient (Wildman–Crippen LogP) is 0.492.